The normalized spacial score (nSPS) is 11.0. The molecule has 158 valence electrons. The Kier molecular flexibility index (Phi) is 7.64. The van der Waals surface area contributed by atoms with Gasteiger partial charge in [0.2, 0.25) is 5.91 Å². The van der Waals surface area contributed by atoms with Crippen LogP contribution in [0.5, 0.6) is 5.75 Å². The monoisotopic (exact) mass is 464 g/mol. The molecule has 2 aromatic carbocycles. The molecule has 0 aliphatic heterocycles. The van der Waals surface area contributed by atoms with E-state index in [-0.39, 0.29) is 18.3 Å². The lowest BCUT2D eigenvalue weighted by atomic mass is 10.0. The van der Waals surface area contributed by atoms with Gasteiger partial charge in [-0.25, -0.2) is 0 Å². The van der Waals surface area contributed by atoms with E-state index in [1.807, 2.05) is 23.7 Å². The third-order valence-electron chi connectivity index (χ3n) is 4.38. The van der Waals surface area contributed by atoms with Crippen LogP contribution in [0.25, 0.3) is 0 Å². The first-order valence-corrected chi connectivity index (χ1v) is 11.1. The first-order chi connectivity index (χ1) is 14.3. The lowest BCUT2D eigenvalue weighted by Gasteiger charge is -2.09. The minimum absolute atomic E-state index is 0.169. The summed E-state index contributed by atoms with van der Waals surface area (Å²) in [4.78, 5) is 12.2. The quantitative estimate of drug-likeness (QED) is 0.442. The number of nitrogens with zero attached hydrogens (tertiary/aromatic N) is 3. The minimum Gasteiger partial charge on any atom is -0.486 e. The predicted molar refractivity (Wildman–Crippen MR) is 122 cm³/mol. The van der Waals surface area contributed by atoms with Gasteiger partial charge in [0.1, 0.15) is 12.4 Å². The molecule has 3 aromatic rings. The molecular formula is C21H22Cl2N4O2S. The summed E-state index contributed by atoms with van der Waals surface area (Å²) in [5.41, 5.74) is 1.78. The highest BCUT2D eigenvalue weighted by atomic mass is 35.5. The summed E-state index contributed by atoms with van der Waals surface area (Å²) in [6, 6.07) is 12.9. The van der Waals surface area contributed by atoms with Gasteiger partial charge in [-0.3, -0.25) is 4.79 Å². The van der Waals surface area contributed by atoms with Gasteiger partial charge in [-0.05, 0) is 41.8 Å². The zero-order valence-electron chi connectivity index (χ0n) is 16.9. The van der Waals surface area contributed by atoms with Crippen molar-refractivity contribution in [1.82, 2.24) is 14.8 Å². The number of anilines is 1. The number of aromatic nitrogens is 3. The molecule has 0 atom stereocenters. The van der Waals surface area contributed by atoms with Crippen molar-refractivity contribution in [3.8, 4) is 5.75 Å². The fraction of sp³-hybridized carbons (Fsp3) is 0.286. The van der Waals surface area contributed by atoms with Gasteiger partial charge >= 0.3 is 0 Å². The molecule has 0 spiro atoms. The molecule has 1 aromatic heterocycles. The van der Waals surface area contributed by atoms with Crippen LogP contribution >= 0.6 is 35.0 Å². The van der Waals surface area contributed by atoms with E-state index in [1.165, 1.54) is 17.3 Å². The van der Waals surface area contributed by atoms with Crippen molar-refractivity contribution in [1.29, 1.82) is 0 Å². The fourth-order valence-electron chi connectivity index (χ4n) is 2.60. The van der Waals surface area contributed by atoms with Crippen LogP contribution in [0.3, 0.4) is 0 Å². The van der Waals surface area contributed by atoms with Gasteiger partial charge in [0.25, 0.3) is 0 Å². The third kappa shape index (κ3) is 5.90. The third-order valence-corrected chi connectivity index (χ3v) is 5.95. The standard InChI is InChI=1S/C21H22Cl2N4O2S/c1-13(2)14-4-7-16(8-5-14)29-11-19-25-26-21(27(19)3)30-12-20(28)24-18-9-6-15(22)10-17(18)23/h4-10,13H,11-12H2,1-3H3,(H,24,28). The molecule has 0 aliphatic carbocycles. The first kappa shape index (κ1) is 22.5. The zero-order chi connectivity index (χ0) is 21.7. The lowest BCUT2D eigenvalue weighted by Crippen LogP contribution is -2.15. The summed E-state index contributed by atoms with van der Waals surface area (Å²) < 4.78 is 7.63. The molecular weight excluding hydrogens is 443 g/mol. The molecule has 0 bridgehead atoms. The highest BCUT2D eigenvalue weighted by Gasteiger charge is 2.13. The molecule has 1 N–H and O–H groups in total. The van der Waals surface area contributed by atoms with E-state index in [1.54, 1.807) is 18.2 Å². The van der Waals surface area contributed by atoms with Crippen LogP contribution in [0.4, 0.5) is 5.69 Å². The number of rotatable bonds is 8. The maximum Gasteiger partial charge on any atom is 0.234 e. The van der Waals surface area contributed by atoms with E-state index in [2.05, 4.69) is 41.5 Å². The summed E-state index contributed by atoms with van der Waals surface area (Å²) >= 11 is 13.2. The molecule has 3 rings (SSSR count). The molecule has 9 heteroatoms. The van der Waals surface area contributed by atoms with E-state index < -0.39 is 0 Å². The maximum atomic E-state index is 12.2. The van der Waals surface area contributed by atoms with Crippen molar-refractivity contribution in [3.05, 3.63) is 63.9 Å². The van der Waals surface area contributed by atoms with Gasteiger partial charge in [-0.2, -0.15) is 0 Å². The Bertz CT molecular complexity index is 1020. The van der Waals surface area contributed by atoms with Gasteiger partial charge in [0, 0.05) is 12.1 Å². The average Bonchev–Trinajstić information content (AvgIpc) is 3.07. The van der Waals surface area contributed by atoms with Crippen molar-refractivity contribution < 1.29 is 9.53 Å². The number of carbonyl (C=O) groups is 1. The molecule has 1 heterocycles. The number of carbonyl (C=O) groups excluding carboxylic acids is 1. The Hall–Kier alpha value is -2.22. The van der Waals surface area contributed by atoms with E-state index in [0.717, 1.165) is 5.75 Å². The summed E-state index contributed by atoms with van der Waals surface area (Å²) in [6.07, 6.45) is 0. The number of hydrogen-bond acceptors (Lipinski definition) is 5. The Labute approximate surface area is 189 Å². The minimum atomic E-state index is -0.199. The number of hydrogen-bond donors (Lipinski definition) is 1. The van der Waals surface area contributed by atoms with Crippen molar-refractivity contribution >= 4 is 46.6 Å². The topological polar surface area (TPSA) is 69.0 Å². The number of benzene rings is 2. The van der Waals surface area contributed by atoms with Crippen LogP contribution in [0, 0.1) is 0 Å². The van der Waals surface area contributed by atoms with Crippen LogP contribution in [0.2, 0.25) is 10.0 Å². The molecule has 6 nitrogen and oxygen atoms in total. The smallest absolute Gasteiger partial charge is 0.234 e. The van der Waals surface area contributed by atoms with Crippen molar-refractivity contribution in [2.45, 2.75) is 31.5 Å². The number of ether oxygens (including phenoxy) is 1. The number of halogens is 2. The summed E-state index contributed by atoms with van der Waals surface area (Å²) in [5, 5.41) is 12.6. The fourth-order valence-corrected chi connectivity index (χ4v) is 3.79. The second-order valence-electron chi connectivity index (χ2n) is 6.93. The molecule has 0 unspecified atom stereocenters. The van der Waals surface area contributed by atoms with Crippen LogP contribution in [-0.4, -0.2) is 26.4 Å². The van der Waals surface area contributed by atoms with Gasteiger partial charge in [0.15, 0.2) is 11.0 Å². The molecule has 0 radical (unpaired) electrons. The molecule has 0 fully saturated rings. The van der Waals surface area contributed by atoms with E-state index in [4.69, 9.17) is 27.9 Å². The Morgan fingerprint density at radius 1 is 1.17 bits per heavy atom. The summed E-state index contributed by atoms with van der Waals surface area (Å²) in [7, 11) is 1.84. The van der Waals surface area contributed by atoms with E-state index in [9.17, 15) is 4.79 Å². The van der Waals surface area contributed by atoms with Gasteiger partial charge in [0.05, 0.1) is 16.5 Å². The summed E-state index contributed by atoms with van der Waals surface area (Å²) in [5.74, 6) is 1.89. The van der Waals surface area contributed by atoms with Crippen LogP contribution in [0.15, 0.2) is 47.6 Å². The average molecular weight is 465 g/mol. The molecule has 0 saturated carbocycles. The molecule has 30 heavy (non-hydrogen) atoms. The van der Waals surface area contributed by atoms with Crippen LogP contribution in [-0.2, 0) is 18.4 Å². The maximum absolute atomic E-state index is 12.2. The van der Waals surface area contributed by atoms with Crippen molar-refractivity contribution in [2.75, 3.05) is 11.1 Å². The first-order valence-electron chi connectivity index (χ1n) is 9.32. The SMILES string of the molecule is CC(C)c1ccc(OCc2nnc(SCC(=O)Nc3ccc(Cl)cc3Cl)n2C)cc1. The highest BCUT2D eigenvalue weighted by Crippen LogP contribution is 2.26. The van der Waals surface area contributed by atoms with Crippen molar-refractivity contribution in [2.24, 2.45) is 7.05 Å². The number of amides is 1. The largest absolute Gasteiger partial charge is 0.486 e. The Balaban J connectivity index is 1.52. The predicted octanol–water partition coefficient (Wildman–Crippen LogP) is 5.56. The second-order valence-corrected chi connectivity index (χ2v) is 8.72. The number of thioether (sulfide) groups is 1. The molecule has 1 amide bonds. The second kappa shape index (κ2) is 10.2. The molecule has 0 aliphatic rings. The summed E-state index contributed by atoms with van der Waals surface area (Å²) in [6.45, 7) is 4.59. The van der Waals surface area contributed by atoms with Gasteiger partial charge in [-0.15, -0.1) is 10.2 Å². The van der Waals surface area contributed by atoms with E-state index >= 15 is 0 Å². The Morgan fingerprint density at radius 2 is 1.90 bits per heavy atom. The lowest BCUT2D eigenvalue weighted by molar-refractivity contribution is -0.113. The van der Waals surface area contributed by atoms with Gasteiger partial charge < -0.3 is 14.6 Å². The zero-order valence-corrected chi connectivity index (χ0v) is 19.2. The Morgan fingerprint density at radius 3 is 2.57 bits per heavy atom. The molecule has 0 saturated heterocycles. The van der Waals surface area contributed by atoms with Crippen LogP contribution < -0.4 is 10.1 Å². The van der Waals surface area contributed by atoms with Gasteiger partial charge in [-0.1, -0.05) is 60.9 Å². The van der Waals surface area contributed by atoms with Crippen LogP contribution in [0.1, 0.15) is 31.2 Å². The number of nitrogens with one attached hydrogen (secondary N) is 1. The van der Waals surface area contributed by atoms with Crippen molar-refractivity contribution in [3.63, 3.8) is 0 Å². The highest BCUT2D eigenvalue weighted by molar-refractivity contribution is 7.99. The van der Waals surface area contributed by atoms with E-state index in [0.29, 0.717) is 32.6 Å².